The van der Waals surface area contributed by atoms with Gasteiger partial charge in [0.1, 0.15) is 0 Å². The van der Waals surface area contributed by atoms with Crippen molar-refractivity contribution in [2.75, 3.05) is 0 Å². The van der Waals surface area contributed by atoms with E-state index in [1.54, 1.807) is 0 Å². The van der Waals surface area contributed by atoms with E-state index in [2.05, 4.69) is 0 Å². The topological polar surface area (TPSA) is 97.5 Å². The highest BCUT2D eigenvalue weighted by molar-refractivity contribution is 6.42. The Kier molecular flexibility index (Phi) is 4.98. The number of nitrogens with zero attached hydrogens (tertiary/aromatic N) is 1. The predicted octanol–water partition coefficient (Wildman–Crippen LogP) is 4.03. The lowest BCUT2D eigenvalue weighted by atomic mass is 10.0. The van der Waals surface area contributed by atoms with Crippen LogP contribution >= 0.6 is 23.2 Å². The molecule has 1 N–H and O–H groups in total. The number of Topliss-reactive ketones (excluding diaryl/α,β-unsaturated/α-hetero) is 1. The van der Waals surface area contributed by atoms with Crippen LogP contribution in [0.25, 0.3) is 0 Å². The van der Waals surface area contributed by atoms with Crippen molar-refractivity contribution in [2.45, 2.75) is 6.42 Å². The van der Waals surface area contributed by atoms with E-state index in [4.69, 9.17) is 28.3 Å². The first-order valence-electron chi connectivity index (χ1n) is 6.28. The molecule has 6 nitrogen and oxygen atoms in total. The number of nitro benzene ring substituents is 1. The summed E-state index contributed by atoms with van der Waals surface area (Å²) >= 11 is 11.6. The van der Waals surface area contributed by atoms with Crippen LogP contribution in [0.4, 0.5) is 5.69 Å². The second-order valence-electron chi connectivity index (χ2n) is 4.63. The molecule has 0 spiro atoms. The van der Waals surface area contributed by atoms with Crippen molar-refractivity contribution in [3.05, 3.63) is 73.2 Å². The lowest BCUT2D eigenvalue weighted by Gasteiger charge is -2.05. The molecule has 2 aromatic carbocycles. The first kappa shape index (κ1) is 16.9. The zero-order valence-corrected chi connectivity index (χ0v) is 13.0. The van der Waals surface area contributed by atoms with Crippen LogP contribution in [0, 0.1) is 10.1 Å². The third-order valence-electron chi connectivity index (χ3n) is 3.12. The van der Waals surface area contributed by atoms with E-state index in [1.807, 2.05) is 0 Å². The highest BCUT2D eigenvalue weighted by Gasteiger charge is 2.20. The number of benzene rings is 2. The number of rotatable bonds is 5. The standard InChI is InChI=1S/C15H9Cl2NO5/c16-11-5-10(13(18(22)23)7-12(11)17)6-14(19)8-1-3-9(4-2-8)15(20)21/h1-5,7H,6H2,(H,20,21). The Morgan fingerprint density at radius 1 is 1.04 bits per heavy atom. The van der Waals surface area contributed by atoms with Crippen LogP contribution in [0.3, 0.4) is 0 Å². The predicted molar refractivity (Wildman–Crippen MR) is 84.6 cm³/mol. The molecular weight excluding hydrogens is 345 g/mol. The van der Waals surface area contributed by atoms with Crippen LogP contribution in [0.5, 0.6) is 0 Å². The molecule has 0 fully saturated rings. The van der Waals surface area contributed by atoms with Crippen LogP contribution in [-0.4, -0.2) is 21.8 Å². The minimum atomic E-state index is -1.11. The van der Waals surface area contributed by atoms with Crippen LogP contribution in [0.15, 0.2) is 36.4 Å². The van der Waals surface area contributed by atoms with Crippen LogP contribution < -0.4 is 0 Å². The molecule has 0 aliphatic heterocycles. The number of ketones is 1. The molecule has 0 unspecified atom stereocenters. The van der Waals surface area contributed by atoms with Gasteiger partial charge in [0.2, 0.25) is 0 Å². The molecule has 2 rings (SSSR count). The number of aromatic carboxylic acids is 1. The fourth-order valence-electron chi connectivity index (χ4n) is 1.96. The number of carboxylic acid groups (broad SMARTS) is 1. The number of nitro groups is 1. The summed E-state index contributed by atoms with van der Waals surface area (Å²) in [6, 6.07) is 7.67. The molecule has 0 heterocycles. The molecule has 0 radical (unpaired) electrons. The fraction of sp³-hybridized carbons (Fsp3) is 0.0667. The van der Waals surface area contributed by atoms with Crippen molar-refractivity contribution in [3.63, 3.8) is 0 Å². The van der Waals surface area contributed by atoms with E-state index in [0.717, 1.165) is 6.07 Å². The van der Waals surface area contributed by atoms with Crippen molar-refractivity contribution in [1.82, 2.24) is 0 Å². The van der Waals surface area contributed by atoms with Crippen LogP contribution in [-0.2, 0) is 6.42 Å². The second-order valence-corrected chi connectivity index (χ2v) is 5.45. The zero-order valence-electron chi connectivity index (χ0n) is 11.5. The number of hydrogen-bond acceptors (Lipinski definition) is 4. The summed E-state index contributed by atoms with van der Waals surface area (Å²) < 4.78 is 0. The van der Waals surface area contributed by atoms with Gasteiger partial charge in [-0.1, -0.05) is 35.3 Å². The Hall–Kier alpha value is -2.44. The van der Waals surface area contributed by atoms with Gasteiger partial charge in [-0.2, -0.15) is 0 Å². The minimum absolute atomic E-state index is 0.0281. The maximum atomic E-state index is 12.2. The highest BCUT2D eigenvalue weighted by atomic mass is 35.5. The van der Waals surface area contributed by atoms with Gasteiger partial charge in [0, 0.05) is 23.6 Å². The molecular formula is C15H9Cl2NO5. The molecule has 118 valence electrons. The number of carbonyl (C=O) groups excluding carboxylic acids is 1. The molecule has 2 aromatic rings. The molecule has 0 bridgehead atoms. The molecule has 0 saturated heterocycles. The SMILES string of the molecule is O=C(O)c1ccc(C(=O)Cc2cc(Cl)c(Cl)cc2[N+](=O)[O-])cc1. The molecule has 23 heavy (non-hydrogen) atoms. The molecule has 8 heteroatoms. The maximum Gasteiger partial charge on any atom is 0.335 e. The van der Waals surface area contributed by atoms with Gasteiger partial charge in [-0.3, -0.25) is 14.9 Å². The highest BCUT2D eigenvalue weighted by Crippen LogP contribution is 2.31. The van der Waals surface area contributed by atoms with Gasteiger partial charge >= 0.3 is 5.97 Å². The van der Waals surface area contributed by atoms with Gasteiger partial charge in [0.05, 0.1) is 20.5 Å². The molecule has 0 aliphatic rings. The van der Waals surface area contributed by atoms with Gasteiger partial charge in [-0.05, 0) is 18.2 Å². The van der Waals surface area contributed by atoms with Crippen molar-refractivity contribution in [2.24, 2.45) is 0 Å². The van der Waals surface area contributed by atoms with Gasteiger partial charge in [0.15, 0.2) is 5.78 Å². The number of carboxylic acids is 1. The van der Waals surface area contributed by atoms with E-state index >= 15 is 0 Å². The van der Waals surface area contributed by atoms with E-state index in [0.29, 0.717) is 0 Å². The Morgan fingerprint density at radius 3 is 2.09 bits per heavy atom. The largest absolute Gasteiger partial charge is 0.478 e. The number of carbonyl (C=O) groups is 2. The lowest BCUT2D eigenvalue weighted by Crippen LogP contribution is -2.07. The molecule has 0 saturated carbocycles. The Morgan fingerprint density at radius 2 is 1.57 bits per heavy atom. The Labute approximate surface area is 140 Å². The zero-order chi connectivity index (χ0) is 17.1. The summed E-state index contributed by atoms with van der Waals surface area (Å²) in [6.07, 6.45) is -0.250. The van der Waals surface area contributed by atoms with E-state index < -0.39 is 16.7 Å². The van der Waals surface area contributed by atoms with Gasteiger partial charge < -0.3 is 5.11 Å². The van der Waals surface area contributed by atoms with E-state index in [9.17, 15) is 19.7 Å². The average molecular weight is 354 g/mol. The molecule has 0 amide bonds. The Bertz CT molecular complexity index is 802. The minimum Gasteiger partial charge on any atom is -0.478 e. The van der Waals surface area contributed by atoms with Crippen LogP contribution in [0.2, 0.25) is 10.0 Å². The molecule has 0 atom stereocenters. The van der Waals surface area contributed by atoms with Gasteiger partial charge in [-0.25, -0.2) is 4.79 Å². The molecule has 0 aromatic heterocycles. The maximum absolute atomic E-state index is 12.2. The van der Waals surface area contributed by atoms with Crippen molar-refractivity contribution in [3.8, 4) is 0 Å². The third-order valence-corrected chi connectivity index (χ3v) is 3.85. The monoisotopic (exact) mass is 353 g/mol. The summed E-state index contributed by atoms with van der Waals surface area (Å²) in [5.74, 6) is -1.51. The van der Waals surface area contributed by atoms with E-state index in [-0.39, 0.29) is 38.8 Å². The van der Waals surface area contributed by atoms with Crippen molar-refractivity contribution < 1.29 is 19.6 Å². The second kappa shape index (κ2) is 6.76. The number of hydrogen-bond donors (Lipinski definition) is 1. The lowest BCUT2D eigenvalue weighted by molar-refractivity contribution is -0.385. The fourth-order valence-corrected chi connectivity index (χ4v) is 2.31. The third kappa shape index (κ3) is 3.85. The molecule has 0 aliphatic carbocycles. The smallest absolute Gasteiger partial charge is 0.335 e. The first-order valence-corrected chi connectivity index (χ1v) is 7.04. The van der Waals surface area contributed by atoms with Crippen LogP contribution in [0.1, 0.15) is 26.3 Å². The summed E-state index contributed by atoms with van der Waals surface area (Å²) in [6.45, 7) is 0. The first-order chi connectivity index (χ1) is 10.8. The summed E-state index contributed by atoms with van der Waals surface area (Å²) in [5.41, 5.74) is 0.129. The summed E-state index contributed by atoms with van der Waals surface area (Å²) in [5, 5.41) is 20.0. The summed E-state index contributed by atoms with van der Waals surface area (Å²) in [4.78, 5) is 33.4. The number of halogens is 2. The quantitative estimate of drug-likeness (QED) is 0.497. The van der Waals surface area contributed by atoms with Gasteiger partial charge in [-0.15, -0.1) is 0 Å². The van der Waals surface area contributed by atoms with Gasteiger partial charge in [0.25, 0.3) is 5.69 Å². The Balaban J connectivity index is 2.31. The average Bonchev–Trinajstić information content (AvgIpc) is 2.50. The summed E-state index contributed by atoms with van der Waals surface area (Å²) in [7, 11) is 0. The van der Waals surface area contributed by atoms with Crippen molar-refractivity contribution in [1.29, 1.82) is 0 Å². The van der Waals surface area contributed by atoms with Crippen molar-refractivity contribution >= 4 is 40.6 Å². The normalized spacial score (nSPS) is 10.3. The van der Waals surface area contributed by atoms with E-state index in [1.165, 1.54) is 30.3 Å².